The van der Waals surface area contributed by atoms with E-state index in [0.717, 1.165) is 23.4 Å². The summed E-state index contributed by atoms with van der Waals surface area (Å²) in [4.78, 5) is 16.7. The van der Waals surface area contributed by atoms with Crippen LogP contribution in [-0.4, -0.2) is 25.8 Å². The minimum atomic E-state index is -0.216. The van der Waals surface area contributed by atoms with Crippen molar-refractivity contribution in [2.24, 2.45) is 0 Å². The van der Waals surface area contributed by atoms with E-state index >= 15 is 0 Å². The molecule has 0 aliphatic heterocycles. The molecular formula is C21H23IN4O2. The zero-order chi connectivity index (χ0) is 20.3. The van der Waals surface area contributed by atoms with Crippen molar-refractivity contribution in [3.05, 3.63) is 76.2 Å². The number of carbonyl (C=O) groups is 1. The van der Waals surface area contributed by atoms with Gasteiger partial charge in [-0.3, -0.25) is 9.48 Å². The van der Waals surface area contributed by atoms with Gasteiger partial charge in [-0.25, -0.2) is 4.98 Å². The molecule has 7 heteroatoms. The molecule has 2 N–H and O–H groups in total. The van der Waals surface area contributed by atoms with Crippen molar-refractivity contribution in [1.29, 1.82) is 0 Å². The largest absolute Gasteiger partial charge is 0.493 e. The van der Waals surface area contributed by atoms with E-state index in [1.54, 1.807) is 6.20 Å². The molecule has 3 rings (SSSR count). The van der Waals surface area contributed by atoms with Crippen LogP contribution in [0.25, 0.3) is 0 Å². The summed E-state index contributed by atoms with van der Waals surface area (Å²) in [7, 11) is 0. The number of carbonyl (C=O) groups excluding carboxylic acids is 1. The van der Waals surface area contributed by atoms with Gasteiger partial charge in [0.05, 0.1) is 11.8 Å². The van der Waals surface area contributed by atoms with Gasteiger partial charge >= 0.3 is 0 Å². The highest BCUT2D eigenvalue weighted by Gasteiger charge is 2.19. The summed E-state index contributed by atoms with van der Waals surface area (Å²) >= 11 is 2.34. The standard InChI is InChI=1S/C21H23IN4O2/c1-13-9-14(2)25-21(28)17(13)11-23-20(27)18-12-24-26(15(18)3)19(22)10-16-7-5-4-6-8-16/h4-9,12,19H,10-11H2,1-3H3,(H,23,27)(H,25,28). The second-order valence-corrected chi connectivity index (χ2v) is 8.22. The van der Waals surface area contributed by atoms with Crippen LogP contribution in [0.2, 0.25) is 0 Å². The third-order valence-corrected chi connectivity index (χ3v) is 5.65. The van der Waals surface area contributed by atoms with Crippen molar-refractivity contribution in [1.82, 2.24) is 20.1 Å². The predicted molar refractivity (Wildman–Crippen MR) is 117 cm³/mol. The zero-order valence-corrected chi connectivity index (χ0v) is 18.3. The molecule has 2 aromatic heterocycles. The molecule has 0 fully saturated rings. The third kappa shape index (κ3) is 4.52. The van der Waals surface area contributed by atoms with E-state index in [1.165, 1.54) is 5.56 Å². The van der Waals surface area contributed by atoms with Gasteiger partial charge in [-0.15, -0.1) is 0 Å². The van der Waals surface area contributed by atoms with Crippen molar-refractivity contribution < 1.29 is 9.90 Å². The average Bonchev–Trinajstić information content (AvgIpc) is 3.03. The Labute approximate surface area is 178 Å². The minimum Gasteiger partial charge on any atom is -0.493 e. The van der Waals surface area contributed by atoms with E-state index in [4.69, 9.17) is 0 Å². The number of hydrogen-bond donors (Lipinski definition) is 2. The number of aryl methyl sites for hydroxylation is 2. The number of pyridine rings is 1. The van der Waals surface area contributed by atoms with E-state index in [9.17, 15) is 9.90 Å². The number of aromatic nitrogens is 3. The van der Waals surface area contributed by atoms with E-state index in [2.05, 4.69) is 50.1 Å². The summed E-state index contributed by atoms with van der Waals surface area (Å²) in [6.07, 6.45) is 2.43. The van der Waals surface area contributed by atoms with Crippen LogP contribution in [0.3, 0.4) is 0 Å². The predicted octanol–water partition coefficient (Wildman–Crippen LogP) is 4.02. The molecule has 1 amide bonds. The molecule has 0 aliphatic rings. The Morgan fingerprint density at radius 1 is 1.25 bits per heavy atom. The topological polar surface area (TPSA) is 80.0 Å². The van der Waals surface area contributed by atoms with Crippen LogP contribution in [0.4, 0.5) is 0 Å². The van der Waals surface area contributed by atoms with E-state index < -0.39 is 0 Å². The maximum absolute atomic E-state index is 12.7. The summed E-state index contributed by atoms with van der Waals surface area (Å²) in [6, 6.07) is 12.1. The SMILES string of the molecule is Cc1cc(C)c(CNC(=O)c2cnn(C(I)Cc3ccccc3)c2C)c(O)n1. The molecule has 0 bridgehead atoms. The van der Waals surface area contributed by atoms with E-state index in [-0.39, 0.29) is 22.4 Å². The molecule has 28 heavy (non-hydrogen) atoms. The van der Waals surface area contributed by atoms with Crippen LogP contribution < -0.4 is 5.32 Å². The number of hydrogen-bond acceptors (Lipinski definition) is 4. The van der Waals surface area contributed by atoms with Gasteiger partial charge in [-0.1, -0.05) is 52.9 Å². The Balaban J connectivity index is 1.70. The van der Waals surface area contributed by atoms with Crippen LogP contribution in [0, 0.1) is 20.8 Å². The second-order valence-electron chi connectivity index (χ2n) is 6.78. The van der Waals surface area contributed by atoms with E-state index in [0.29, 0.717) is 11.1 Å². The zero-order valence-electron chi connectivity index (χ0n) is 16.1. The lowest BCUT2D eigenvalue weighted by Gasteiger charge is -2.13. The summed E-state index contributed by atoms with van der Waals surface area (Å²) < 4.78 is 1.98. The summed E-state index contributed by atoms with van der Waals surface area (Å²) in [5.41, 5.74) is 4.84. The van der Waals surface area contributed by atoms with Gasteiger partial charge in [0.2, 0.25) is 5.88 Å². The highest BCUT2D eigenvalue weighted by Crippen LogP contribution is 2.24. The normalized spacial score (nSPS) is 12.0. The van der Waals surface area contributed by atoms with Crippen LogP contribution in [-0.2, 0) is 13.0 Å². The summed E-state index contributed by atoms with van der Waals surface area (Å²) in [5, 5.41) is 17.3. The van der Waals surface area contributed by atoms with Crippen molar-refractivity contribution in [3.8, 4) is 5.88 Å². The smallest absolute Gasteiger partial charge is 0.255 e. The van der Waals surface area contributed by atoms with Gasteiger partial charge in [-0.2, -0.15) is 5.10 Å². The average molecular weight is 490 g/mol. The molecule has 1 unspecified atom stereocenters. The molecule has 6 nitrogen and oxygen atoms in total. The molecule has 0 spiro atoms. The number of benzene rings is 1. The highest BCUT2D eigenvalue weighted by atomic mass is 127. The lowest BCUT2D eigenvalue weighted by atomic mass is 10.1. The van der Waals surface area contributed by atoms with E-state index in [1.807, 2.05) is 49.7 Å². The number of nitrogens with one attached hydrogen (secondary N) is 1. The van der Waals surface area contributed by atoms with Crippen molar-refractivity contribution in [3.63, 3.8) is 0 Å². The Hall–Kier alpha value is -2.42. The van der Waals surface area contributed by atoms with Crippen molar-refractivity contribution in [2.45, 2.75) is 37.8 Å². The lowest BCUT2D eigenvalue weighted by Crippen LogP contribution is -2.24. The second kappa shape index (κ2) is 8.72. The maximum Gasteiger partial charge on any atom is 0.255 e. The number of alkyl halides is 1. The quantitative estimate of drug-likeness (QED) is 0.404. The number of aromatic hydroxyl groups is 1. The third-order valence-electron chi connectivity index (χ3n) is 4.68. The Morgan fingerprint density at radius 2 is 1.96 bits per heavy atom. The number of rotatable bonds is 6. The molecule has 2 heterocycles. The first-order chi connectivity index (χ1) is 13.4. The highest BCUT2D eigenvalue weighted by molar-refractivity contribution is 14.1. The molecule has 0 radical (unpaired) electrons. The Kier molecular flexibility index (Phi) is 6.33. The number of halogens is 1. The Bertz CT molecular complexity index is 962. The maximum atomic E-state index is 12.7. The molecule has 1 atom stereocenters. The first-order valence-corrected chi connectivity index (χ1v) is 10.3. The fourth-order valence-corrected chi connectivity index (χ4v) is 4.22. The van der Waals surface area contributed by atoms with Gasteiger partial charge in [0.25, 0.3) is 5.91 Å². The van der Waals surface area contributed by atoms with Crippen LogP contribution in [0.5, 0.6) is 5.88 Å². The van der Waals surface area contributed by atoms with Gasteiger partial charge in [-0.05, 0) is 38.0 Å². The van der Waals surface area contributed by atoms with Gasteiger partial charge in [0.15, 0.2) is 0 Å². The van der Waals surface area contributed by atoms with Gasteiger partial charge < -0.3 is 10.4 Å². The molecule has 0 aliphatic carbocycles. The first-order valence-electron chi connectivity index (χ1n) is 9.03. The molecule has 146 valence electrons. The van der Waals surface area contributed by atoms with Crippen LogP contribution >= 0.6 is 22.6 Å². The van der Waals surface area contributed by atoms with Crippen LogP contribution in [0.1, 0.15) is 42.5 Å². The van der Waals surface area contributed by atoms with Gasteiger partial charge in [0, 0.05) is 29.9 Å². The first kappa shape index (κ1) is 20.3. The molecule has 0 saturated carbocycles. The minimum absolute atomic E-state index is 0.0413. The molecule has 3 aromatic rings. The fourth-order valence-electron chi connectivity index (χ4n) is 3.15. The van der Waals surface area contributed by atoms with Crippen molar-refractivity contribution in [2.75, 3.05) is 0 Å². The lowest BCUT2D eigenvalue weighted by molar-refractivity contribution is 0.0950. The molecular weight excluding hydrogens is 467 g/mol. The van der Waals surface area contributed by atoms with Crippen molar-refractivity contribution >= 4 is 28.5 Å². The number of nitrogens with zero attached hydrogens (tertiary/aromatic N) is 3. The fraction of sp³-hybridized carbons (Fsp3) is 0.286. The summed E-state index contributed by atoms with van der Waals surface area (Å²) in [6.45, 7) is 5.83. The molecule has 1 aromatic carbocycles. The molecule has 0 saturated heterocycles. The Morgan fingerprint density at radius 3 is 2.64 bits per heavy atom. The summed E-state index contributed by atoms with van der Waals surface area (Å²) in [5.74, 6) is -0.258. The number of amides is 1. The monoisotopic (exact) mass is 490 g/mol. The van der Waals surface area contributed by atoms with Crippen LogP contribution in [0.15, 0.2) is 42.6 Å². The van der Waals surface area contributed by atoms with Gasteiger partial charge in [0.1, 0.15) is 4.05 Å².